The molecule has 1 unspecified atom stereocenters. The standard InChI is InChI=1S/C27H44NO4/c1-15-4-7-25-27(3,31)21-6-5-17-18(20(21)14-28(25,32)13-15)11-22-19(17)12-24(30)23-10-16(29)8-9-26(22,23)2/h15-23,25,29,31-32H,4-14H2,1-3H3/q+1/t15-,16-,17+,18+,19+,20-,21+,22-,23+,25-,26+,27-,28?/m0/s1. The fourth-order valence-electron chi connectivity index (χ4n) is 10.8. The molecule has 0 radical (unpaired) electrons. The Balaban J connectivity index is 1.33. The van der Waals surface area contributed by atoms with Gasteiger partial charge in [-0.05, 0) is 81.0 Å². The number of hydrogen-bond donors (Lipinski definition) is 3. The molecule has 2 aliphatic heterocycles. The number of piperidine rings is 2. The van der Waals surface area contributed by atoms with Crippen LogP contribution in [-0.2, 0) is 4.79 Å². The first kappa shape index (κ1) is 22.0. The van der Waals surface area contributed by atoms with E-state index in [1.807, 2.05) is 6.92 Å². The van der Waals surface area contributed by atoms with E-state index in [9.17, 15) is 20.2 Å². The van der Waals surface area contributed by atoms with Crippen molar-refractivity contribution in [3.05, 3.63) is 0 Å². The van der Waals surface area contributed by atoms with Gasteiger partial charge < -0.3 is 10.2 Å². The van der Waals surface area contributed by atoms with Gasteiger partial charge in [-0.3, -0.25) is 4.79 Å². The van der Waals surface area contributed by atoms with Crippen LogP contribution in [0.15, 0.2) is 0 Å². The number of nitrogens with zero attached hydrogens (tertiary/aromatic N) is 1. The van der Waals surface area contributed by atoms with E-state index in [2.05, 4.69) is 13.8 Å². The van der Waals surface area contributed by atoms with Crippen molar-refractivity contribution >= 4 is 5.78 Å². The van der Waals surface area contributed by atoms with Crippen molar-refractivity contribution in [1.29, 1.82) is 0 Å². The Labute approximate surface area is 193 Å². The highest BCUT2D eigenvalue weighted by atomic mass is 16.6. The topological polar surface area (TPSA) is 77.8 Å². The summed E-state index contributed by atoms with van der Waals surface area (Å²) < 4.78 is 0.0684. The first-order valence-electron chi connectivity index (χ1n) is 13.6. The van der Waals surface area contributed by atoms with E-state index in [4.69, 9.17) is 0 Å². The molecule has 0 amide bonds. The van der Waals surface area contributed by atoms with Crippen LogP contribution in [0.3, 0.4) is 0 Å². The van der Waals surface area contributed by atoms with E-state index >= 15 is 0 Å². The molecule has 0 aromatic rings. The van der Waals surface area contributed by atoms with Crippen molar-refractivity contribution in [1.82, 2.24) is 0 Å². The van der Waals surface area contributed by atoms with Crippen molar-refractivity contribution in [3.63, 3.8) is 0 Å². The van der Waals surface area contributed by atoms with Crippen LogP contribution in [0.2, 0.25) is 0 Å². The summed E-state index contributed by atoms with van der Waals surface area (Å²) in [6.45, 7) is 8.19. The van der Waals surface area contributed by atoms with E-state index in [0.717, 1.165) is 58.0 Å². The van der Waals surface area contributed by atoms with Gasteiger partial charge in [0.05, 0.1) is 6.10 Å². The van der Waals surface area contributed by atoms with Crippen LogP contribution in [0.25, 0.3) is 0 Å². The number of fused-ring (bicyclic) bond motifs is 8. The van der Waals surface area contributed by atoms with Gasteiger partial charge in [-0.25, -0.2) is 5.21 Å². The van der Waals surface area contributed by atoms with E-state index in [1.54, 1.807) is 0 Å². The average molecular weight is 447 g/mol. The summed E-state index contributed by atoms with van der Waals surface area (Å²) in [7, 11) is 0. The molecule has 13 atom stereocenters. The molecule has 5 heteroatoms. The molecule has 0 aromatic carbocycles. The molecule has 0 aromatic heterocycles. The molecule has 180 valence electrons. The summed E-state index contributed by atoms with van der Waals surface area (Å²) in [5, 5.41) is 34.0. The second-order valence-electron chi connectivity index (χ2n) is 13.6. The Hall–Kier alpha value is -0.490. The van der Waals surface area contributed by atoms with Crippen molar-refractivity contribution in [2.45, 2.75) is 96.3 Å². The largest absolute Gasteiger partial charge is 0.393 e. The molecule has 4 saturated carbocycles. The minimum absolute atomic E-state index is 0.0247. The van der Waals surface area contributed by atoms with Gasteiger partial charge in [0, 0.05) is 36.5 Å². The lowest BCUT2D eigenvalue weighted by Gasteiger charge is -2.60. The van der Waals surface area contributed by atoms with Gasteiger partial charge in [-0.2, -0.15) is 4.65 Å². The quantitative estimate of drug-likeness (QED) is 0.495. The lowest BCUT2D eigenvalue weighted by atomic mass is 9.51. The zero-order valence-corrected chi connectivity index (χ0v) is 20.2. The van der Waals surface area contributed by atoms with Crippen LogP contribution in [0, 0.1) is 52.8 Å². The Bertz CT molecular complexity index is 794. The minimum atomic E-state index is -0.812. The van der Waals surface area contributed by atoms with Crippen LogP contribution in [-0.4, -0.2) is 56.7 Å². The maximum Gasteiger partial charge on any atom is 0.148 e. The van der Waals surface area contributed by atoms with Crippen LogP contribution < -0.4 is 0 Å². The second-order valence-corrected chi connectivity index (χ2v) is 13.6. The first-order valence-corrected chi connectivity index (χ1v) is 13.6. The third kappa shape index (κ3) is 2.86. The number of carbonyl (C=O) groups is 1. The van der Waals surface area contributed by atoms with Gasteiger partial charge in [0.15, 0.2) is 0 Å². The van der Waals surface area contributed by atoms with E-state index in [1.165, 1.54) is 0 Å². The zero-order valence-electron chi connectivity index (χ0n) is 20.2. The third-order valence-electron chi connectivity index (χ3n) is 12.1. The number of carbonyl (C=O) groups excluding carboxylic acids is 1. The van der Waals surface area contributed by atoms with Crippen LogP contribution in [0.5, 0.6) is 0 Å². The number of quaternary nitrogens is 1. The summed E-state index contributed by atoms with van der Waals surface area (Å²) in [6.07, 6.45) is 8.19. The smallest absolute Gasteiger partial charge is 0.148 e. The maximum atomic E-state index is 13.3. The molecule has 2 heterocycles. The summed E-state index contributed by atoms with van der Waals surface area (Å²) in [6, 6.07) is -0.0523. The second kappa shape index (κ2) is 7.02. The van der Waals surface area contributed by atoms with Crippen LogP contribution >= 0.6 is 0 Å². The zero-order chi connectivity index (χ0) is 22.6. The lowest BCUT2D eigenvalue weighted by molar-refractivity contribution is -1.14. The highest BCUT2D eigenvalue weighted by Crippen LogP contribution is 2.67. The number of aliphatic hydroxyl groups is 2. The van der Waals surface area contributed by atoms with Crippen molar-refractivity contribution < 1.29 is 24.9 Å². The molecule has 0 spiro atoms. The SMILES string of the molecule is C[C@H]1CC[C@H]2[C@@](C)(O)[C@@H]3CC[C@@H]4[C@@H](C[C@H]5[C@@H]4CC(=O)[C@H]4C[C@@H](O)CC[C@@]45C)[C@@H]3C[N+]2(O)C1. The maximum absolute atomic E-state index is 13.3. The summed E-state index contributed by atoms with van der Waals surface area (Å²) in [4.78, 5) is 13.3. The molecule has 0 bridgehead atoms. The van der Waals surface area contributed by atoms with Gasteiger partial charge in [-0.1, -0.05) is 13.8 Å². The lowest BCUT2D eigenvalue weighted by Crippen LogP contribution is -2.74. The molecule has 6 fully saturated rings. The summed E-state index contributed by atoms with van der Waals surface area (Å²) >= 11 is 0. The number of hydrogen-bond acceptors (Lipinski definition) is 4. The molecule has 32 heavy (non-hydrogen) atoms. The minimum Gasteiger partial charge on any atom is -0.393 e. The number of hydroxylamine groups is 3. The van der Waals surface area contributed by atoms with E-state index < -0.39 is 5.60 Å². The predicted molar refractivity (Wildman–Crippen MR) is 120 cm³/mol. The monoisotopic (exact) mass is 446 g/mol. The Morgan fingerprint density at radius 2 is 1.69 bits per heavy atom. The average Bonchev–Trinajstić information content (AvgIpc) is 3.08. The van der Waals surface area contributed by atoms with Crippen molar-refractivity contribution in [2.75, 3.05) is 13.1 Å². The predicted octanol–water partition coefficient (Wildman–Crippen LogP) is 3.79. The summed E-state index contributed by atoms with van der Waals surface area (Å²) in [5.74, 6) is 3.67. The molecule has 6 aliphatic rings. The third-order valence-corrected chi connectivity index (χ3v) is 12.1. The van der Waals surface area contributed by atoms with Crippen LogP contribution in [0.1, 0.15) is 78.6 Å². The molecule has 2 saturated heterocycles. The van der Waals surface area contributed by atoms with E-state index in [0.29, 0.717) is 54.1 Å². The first-order chi connectivity index (χ1) is 15.0. The molecule has 6 rings (SSSR count). The normalized spacial score (nSPS) is 61.8. The summed E-state index contributed by atoms with van der Waals surface area (Å²) in [5.41, 5.74) is -0.787. The van der Waals surface area contributed by atoms with Gasteiger partial charge in [0.1, 0.15) is 30.5 Å². The van der Waals surface area contributed by atoms with Gasteiger partial charge in [-0.15, -0.1) is 0 Å². The Kier molecular flexibility index (Phi) is 4.83. The number of ketones is 1. The molecule has 3 N–H and O–H groups in total. The van der Waals surface area contributed by atoms with Crippen molar-refractivity contribution in [2.24, 2.45) is 52.8 Å². The highest BCUT2D eigenvalue weighted by molar-refractivity contribution is 5.83. The molecule has 4 aliphatic carbocycles. The van der Waals surface area contributed by atoms with Gasteiger partial charge >= 0.3 is 0 Å². The van der Waals surface area contributed by atoms with E-state index in [-0.39, 0.29) is 34.0 Å². The fourth-order valence-corrected chi connectivity index (χ4v) is 10.8. The van der Waals surface area contributed by atoms with Crippen molar-refractivity contribution in [3.8, 4) is 0 Å². The highest BCUT2D eigenvalue weighted by Gasteiger charge is 2.68. The fraction of sp³-hybridized carbons (Fsp3) is 0.963. The van der Waals surface area contributed by atoms with Crippen LogP contribution in [0.4, 0.5) is 0 Å². The Morgan fingerprint density at radius 3 is 2.47 bits per heavy atom. The number of rotatable bonds is 0. The molecular formula is C27H44NO4+. The number of Topliss-reactive ketones (excluding diaryl/α,β-unsaturated/α-hetero) is 1. The van der Waals surface area contributed by atoms with Gasteiger partial charge in [0.2, 0.25) is 0 Å². The van der Waals surface area contributed by atoms with Gasteiger partial charge in [0.25, 0.3) is 0 Å². The number of aliphatic hydroxyl groups excluding tert-OH is 1. The molecule has 5 nitrogen and oxygen atoms in total. The molecular weight excluding hydrogens is 402 g/mol. The Morgan fingerprint density at radius 1 is 0.906 bits per heavy atom.